The van der Waals surface area contributed by atoms with Gasteiger partial charge >= 0.3 is 5.97 Å². The van der Waals surface area contributed by atoms with Crippen molar-refractivity contribution in [3.63, 3.8) is 0 Å². The van der Waals surface area contributed by atoms with Crippen LogP contribution < -0.4 is 0 Å². The lowest BCUT2D eigenvalue weighted by Crippen LogP contribution is -2.26. The van der Waals surface area contributed by atoms with Gasteiger partial charge < -0.3 is 20.4 Å². The first kappa shape index (κ1) is 9.35. The first-order valence-electron chi connectivity index (χ1n) is 2.81. The number of hydrogen-bond donors (Lipinski definition) is 4. The number of carboxylic acids is 1. The van der Waals surface area contributed by atoms with E-state index < -0.39 is 11.9 Å². The highest BCUT2D eigenvalue weighted by Crippen LogP contribution is 2.05. The molecule has 0 saturated carbocycles. The van der Waals surface area contributed by atoms with Crippen LogP contribution >= 0.6 is 0 Å². The van der Waals surface area contributed by atoms with E-state index in [4.69, 9.17) is 20.4 Å². The predicted octanol–water partition coefficient (Wildman–Crippen LogP) is -1.13. The molecule has 5 nitrogen and oxygen atoms in total. The van der Waals surface area contributed by atoms with Gasteiger partial charge in [-0.05, 0) is 6.42 Å². The maximum absolute atomic E-state index is 9.84. The summed E-state index contributed by atoms with van der Waals surface area (Å²) in [7, 11) is 0. The molecule has 4 N–H and O–H groups in total. The molecule has 60 valence electrons. The van der Waals surface area contributed by atoms with Crippen LogP contribution in [0.2, 0.25) is 0 Å². The summed E-state index contributed by atoms with van der Waals surface area (Å²) in [6.45, 7) is 0. The van der Waals surface area contributed by atoms with Crippen molar-refractivity contribution >= 4 is 5.97 Å². The van der Waals surface area contributed by atoms with Gasteiger partial charge in [-0.3, -0.25) is 4.79 Å². The van der Waals surface area contributed by atoms with E-state index >= 15 is 0 Å². The van der Waals surface area contributed by atoms with E-state index in [0.29, 0.717) is 0 Å². The molecule has 0 bridgehead atoms. The fourth-order valence-electron chi connectivity index (χ4n) is 0.477. The van der Waals surface area contributed by atoms with Gasteiger partial charge in [-0.15, -0.1) is 0 Å². The van der Waals surface area contributed by atoms with E-state index in [9.17, 15) is 4.79 Å². The zero-order chi connectivity index (χ0) is 8.20. The minimum absolute atomic E-state index is 0.0405. The van der Waals surface area contributed by atoms with Crippen LogP contribution in [0.25, 0.3) is 0 Å². The van der Waals surface area contributed by atoms with Crippen LogP contribution in [0.5, 0.6) is 0 Å². The highest BCUT2D eigenvalue weighted by molar-refractivity contribution is 5.66. The third kappa shape index (κ3) is 7.35. The van der Waals surface area contributed by atoms with Crippen molar-refractivity contribution in [2.24, 2.45) is 0 Å². The van der Waals surface area contributed by atoms with Crippen LogP contribution in [0, 0.1) is 0 Å². The lowest BCUT2D eigenvalue weighted by Gasteiger charge is -2.11. The number of hydrogen-bond acceptors (Lipinski definition) is 4. The normalized spacial score (nSPS) is 11.5. The first-order valence-corrected chi connectivity index (χ1v) is 2.81. The second kappa shape index (κ2) is 3.50. The number of rotatable bonds is 4. The fourth-order valence-corrected chi connectivity index (χ4v) is 0.477. The largest absolute Gasteiger partial charge is 0.481 e. The van der Waals surface area contributed by atoms with E-state index in [0.717, 1.165) is 0 Å². The van der Waals surface area contributed by atoms with Crippen LogP contribution in [0.15, 0.2) is 0 Å². The highest BCUT2D eigenvalue weighted by atomic mass is 16.7. The van der Waals surface area contributed by atoms with E-state index in [1.54, 1.807) is 0 Å². The summed E-state index contributed by atoms with van der Waals surface area (Å²) in [6.07, 6.45) is -0.485. The Hall–Kier alpha value is -0.650. The minimum atomic E-state index is -2.73. The van der Waals surface area contributed by atoms with Crippen LogP contribution in [0.4, 0.5) is 0 Å². The SMILES string of the molecule is O=C(O)CCCC(O)(O)O. The smallest absolute Gasteiger partial charge is 0.303 e. The lowest BCUT2D eigenvalue weighted by molar-refractivity contribution is -0.314. The molecule has 0 fully saturated rings. The molecule has 0 aliphatic heterocycles. The number of carbonyl (C=O) groups is 1. The maximum atomic E-state index is 9.84. The molecule has 0 aromatic carbocycles. The van der Waals surface area contributed by atoms with Crippen molar-refractivity contribution in [1.82, 2.24) is 0 Å². The Morgan fingerprint density at radius 2 is 1.80 bits per heavy atom. The molecule has 0 rings (SSSR count). The Labute approximate surface area is 57.5 Å². The molecule has 0 unspecified atom stereocenters. The van der Waals surface area contributed by atoms with E-state index in [-0.39, 0.29) is 19.3 Å². The van der Waals surface area contributed by atoms with Gasteiger partial charge in [0.2, 0.25) is 0 Å². The molecule has 0 saturated heterocycles. The highest BCUT2D eigenvalue weighted by Gasteiger charge is 2.17. The molecule has 0 radical (unpaired) electrons. The average molecular weight is 150 g/mol. The summed E-state index contributed by atoms with van der Waals surface area (Å²) in [6, 6.07) is 0. The molecule has 0 heterocycles. The van der Waals surface area contributed by atoms with Crippen molar-refractivity contribution < 1.29 is 25.2 Å². The van der Waals surface area contributed by atoms with Crippen LogP contribution in [-0.4, -0.2) is 32.4 Å². The van der Waals surface area contributed by atoms with Crippen molar-refractivity contribution in [2.45, 2.75) is 25.2 Å². The number of carboxylic acid groups (broad SMARTS) is 1. The topological polar surface area (TPSA) is 98.0 Å². The molecule has 0 spiro atoms. The molecule has 0 amide bonds. The molecule has 0 aliphatic carbocycles. The zero-order valence-corrected chi connectivity index (χ0v) is 5.32. The molecule has 0 aromatic heterocycles. The molecule has 5 heteroatoms. The molecular weight excluding hydrogens is 140 g/mol. The predicted molar refractivity (Wildman–Crippen MR) is 30.9 cm³/mol. The van der Waals surface area contributed by atoms with Crippen molar-refractivity contribution in [3.05, 3.63) is 0 Å². The minimum Gasteiger partial charge on any atom is -0.481 e. The van der Waals surface area contributed by atoms with Gasteiger partial charge in [-0.1, -0.05) is 0 Å². The Morgan fingerprint density at radius 3 is 2.10 bits per heavy atom. The third-order valence-corrected chi connectivity index (χ3v) is 0.903. The second-order valence-corrected chi connectivity index (χ2v) is 2.02. The Bertz CT molecular complexity index is 114. The monoisotopic (exact) mass is 150 g/mol. The van der Waals surface area contributed by atoms with Gasteiger partial charge in [0.05, 0.1) is 0 Å². The van der Waals surface area contributed by atoms with Crippen molar-refractivity contribution in [3.8, 4) is 0 Å². The van der Waals surface area contributed by atoms with Gasteiger partial charge in [0, 0.05) is 12.8 Å². The van der Waals surface area contributed by atoms with Crippen molar-refractivity contribution in [1.29, 1.82) is 0 Å². The quantitative estimate of drug-likeness (QED) is 0.380. The van der Waals surface area contributed by atoms with Gasteiger partial charge in [-0.2, -0.15) is 0 Å². The van der Waals surface area contributed by atoms with Gasteiger partial charge in [0.15, 0.2) is 0 Å². The van der Waals surface area contributed by atoms with E-state index in [1.165, 1.54) is 0 Å². The number of aliphatic carboxylic acids is 1. The lowest BCUT2D eigenvalue weighted by atomic mass is 10.2. The molecule has 0 aliphatic rings. The molecular formula is C5H10O5. The summed E-state index contributed by atoms with van der Waals surface area (Å²) >= 11 is 0. The second-order valence-electron chi connectivity index (χ2n) is 2.02. The van der Waals surface area contributed by atoms with Gasteiger partial charge in [0.25, 0.3) is 5.97 Å². The maximum Gasteiger partial charge on any atom is 0.303 e. The summed E-state index contributed by atoms with van der Waals surface area (Å²) < 4.78 is 0. The first-order chi connectivity index (χ1) is 4.42. The van der Waals surface area contributed by atoms with Crippen LogP contribution in [0.3, 0.4) is 0 Å². The van der Waals surface area contributed by atoms with E-state index in [2.05, 4.69) is 0 Å². The molecule has 10 heavy (non-hydrogen) atoms. The summed E-state index contributed by atoms with van der Waals surface area (Å²) in [5.41, 5.74) is 0. The Balaban J connectivity index is 3.29. The fraction of sp³-hybridized carbons (Fsp3) is 0.800. The van der Waals surface area contributed by atoms with E-state index in [1.807, 2.05) is 0 Å². The Kier molecular flexibility index (Phi) is 3.27. The van der Waals surface area contributed by atoms with Crippen LogP contribution in [-0.2, 0) is 4.79 Å². The summed E-state index contributed by atoms with van der Waals surface area (Å²) in [5, 5.41) is 32.8. The Morgan fingerprint density at radius 1 is 1.30 bits per heavy atom. The van der Waals surface area contributed by atoms with Crippen LogP contribution in [0.1, 0.15) is 19.3 Å². The van der Waals surface area contributed by atoms with Gasteiger partial charge in [0.1, 0.15) is 0 Å². The molecule has 0 atom stereocenters. The summed E-state index contributed by atoms with van der Waals surface area (Å²) in [5.74, 6) is -3.75. The summed E-state index contributed by atoms with van der Waals surface area (Å²) in [4.78, 5) is 9.84. The van der Waals surface area contributed by atoms with Crippen molar-refractivity contribution in [2.75, 3.05) is 0 Å². The molecule has 0 aromatic rings. The average Bonchev–Trinajstić information content (AvgIpc) is 1.59. The van der Waals surface area contributed by atoms with Gasteiger partial charge in [-0.25, -0.2) is 0 Å². The third-order valence-electron chi connectivity index (χ3n) is 0.903. The number of aliphatic hydroxyl groups is 3. The standard InChI is InChI=1S/C5H10O5/c6-4(7)2-1-3-5(8,9)10/h8-10H,1-3H2,(H,6,7). The zero-order valence-electron chi connectivity index (χ0n) is 5.32.